The standard InChI is InChI=1S/C16H17BN2O8S2/c1-3-24-16(21)26-8-25-14(20)12-10(23-2)5-4-9-6-11(17(22)27-13(9)12)29-15-19-18-7-28-15/h4-5,7,11,22H,3,6,8H2,1-2H3/t11-/m0/s1. The number of hydrogen-bond donors (Lipinski definition) is 1. The molecule has 0 amide bonds. The van der Waals surface area contributed by atoms with Crippen LogP contribution in [-0.4, -0.2) is 60.1 Å². The van der Waals surface area contributed by atoms with Gasteiger partial charge in [-0.2, -0.15) is 0 Å². The van der Waals surface area contributed by atoms with Gasteiger partial charge in [-0.3, -0.25) is 0 Å². The second-order valence-electron chi connectivity index (χ2n) is 5.58. The molecule has 0 unspecified atom stereocenters. The van der Waals surface area contributed by atoms with Crippen molar-refractivity contribution < 1.29 is 38.2 Å². The maximum Gasteiger partial charge on any atom is 0.537 e. The van der Waals surface area contributed by atoms with E-state index in [1.807, 2.05) is 0 Å². The smallest absolute Gasteiger partial charge is 0.534 e. The third-order valence-corrected chi connectivity index (χ3v) is 5.87. The summed E-state index contributed by atoms with van der Waals surface area (Å²) in [6, 6.07) is 3.36. The molecular formula is C16H17BN2O8S2. The van der Waals surface area contributed by atoms with Crippen molar-refractivity contribution in [1.82, 2.24) is 10.2 Å². The van der Waals surface area contributed by atoms with Crippen molar-refractivity contribution in [2.75, 3.05) is 20.5 Å². The monoisotopic (exact) mass is 440 g/mol. The van der Waals surface area contributed by atoms with Crippen LogP contribution >= 0.6 is 23.1 Å². The molecule has 1 aliphatic rings. The van der Waals surface area contributed by atoms with Gasteiger partial charge >= 0.3 is 19.2 Å². The van der Waals surface area contributed by atoms with E-state index in [0.717, 1.165) is 0 Å². The molecule has 13 heteroatoms. The number of nitrogens with zero attached hydrogens (tertiary/aromatic N) is 2. The van der Waals surface area contributed by atoms with Gasteiger partial charge in [0.05, 0.1) is 18.9 Å². The van der Waals surface area contributed by atoms with Crippen LogP contribution in [0, 0.1) is 0 Å². The van der Waals surface area contributed by atoms with Gasteiger partial charge < -0.3 is 28.6 Å². The van der Waals surface area contributed by atoms with Crippen molar-refractivity contribution in [3.63, 3.8) is 0 Å². The third kappa shape index (κ3) is 5.11. The van der Waals surface area contributed by atoms with E-state index in [-0.39, 0.29) is 28.8 Å². The third-order valence-electron chi connectivity index (χ3n) is 3.82. The summed E-state index contributed by atoms with van der Waals surface area (Å²) < 4.78 is 25.8. The molecule has 0 radical (unpaired) electrons. The van der Waals surface area contributed by atoms with Crippen molar-refractivity contribution in [3.8, 4) is 11.5 Å². The molecule has 3 rings (SSSR count). The van der Waals surface area contributed by atoms with Crippen LogP contribution < -0.4 is 9.39 Å². The summed E-state index contributed by atoms with van der Waals surface area (Å²) in [5.74, 6) is -0.468. The first-order valence-electron chi connectivity index (χ1n) is 8.47. The summed E-state index contributed by atoms with van der Waals surface area (Å²) in [4.78, 5) is 23.8. The lowest BCUT2D eigenvalue weighted by Gasteiger charge is -2.28. The quantitative estimate of drug-likeness (QED) is 0.386. The van der Waals surface area contributed by atoms with Crippen molar-refractivity contribution in [2.45, 2.75) is 22.8 Å². The number of methoxy groups -OCH3 is 1. The summed E-state index contributed by atoms with van der Waals surface area (Å²) in [6.45, 7) is 1.12. The minimum Gasteiger partial charge on any atom is -0.534 e. The van der Waals surface area contributed by atoms with E-state index < -0.39 is 26.0 Å². The Kier molecular flexibility index (Phi) is 7.17. The van der Waals surface area contributed by atoms with E-state index in [2.05, 4.69) is 19.7 Å². The van der Waals surface area contributed by atoms with E-state index in [1.54, 1.807) is 24.6 Å². The number of fused-ring (bicyclic) bond motifs is 1. The van der Waals surface area contributed by atoms with E-state index in [0.29, 0.717) is 16.3 Å². The van der Waals surface area contributed by atoms with Gasteiger partial charge in [0.25, 0.3) is 0 Å². The van der Waals surface area contributed by atoms with Crippen LogP contribution in [0.4, 0.5) is 4.79 Å². The molecule has 1 aromatic carbocycles. The molecule has 0 saturated carbocycles. The maximum atomic E-state index is 12.6. The highest BCUT2D eigenvalue weighted by Crippen LogP contribution is 2.40. The Labute approximate surface area is 174 Å². The molecule has 0 spiro atoms. The SMILES string of the molecule is CCOC(=O)OCOC(=O)c1c(OC)ccc2c1OB(O)[C@@H](Sc1nncs1)C2. The Balaban J connectivity index is 1.76. The molecule has 0 aliphatic carbocycles. The number of esters is 1. The zero-order chi connectivity index (χ0) is 20.8. The minimum absolute atomic E-state index is 0.00382. The van der Waals surface area contributed by atoms with Gasteiger partial charge in [0.1, 0.15) is 22.6 Å². The van der Waals surface area contributed by atoms with Crippen LogP contribution in [-0.2, 0) is 20.6 Å². The predicted octanol–water partition coefficient (Wildman–Crippen LogP) is 1.95. The Morgan fingerprint density at radius 2 is 2.21 bits per heavy atom. The van der Waals surface area contributed by atoms with Gasteiger partial charge in [0.2, 0.25) is 6.79 Å². The fourth-order valence-corrected chi connectivity index (χ4v) is 4.38. The number of thioether (sulfide) groups is 1. The van der Waals surface area contributed by atoms with Gasteiger partial charge in [-0.05, 0) is 25.0 Å². The minimum atomic E-state index is -1.19. The number of rotatable bonds is 7. The second kappa shape index (κ2) is 9.81. The molecule has 2 aromatic rings. The molecule has 29 heavy (non-hydrogen) atoms. The lowest BCUT2D eigenvalue weighted by molar-refractivity contribution is -0.0264. The Morgan fingerprint density at radius 1 is 1.38 bits per heavy atom. The summed E-state index contributed by atoms with van der Waals surface area (Å²) in [6.07, 6.45) is -0.532. The zero-order valence-corrected chi connectivity index (χ0v) is 17.2. The first kappa shape index (κ1) is 21.2. The highest BCUT2D eigenvalue weighted by molar-refractivity contribution is 8.02. The fraction of sp³-hybridized carbons (Fsp3) is 0.375. The number of carbonyl (C=O) groups is 2. The summed E-state index contributed by atoms with van der Waals surface area (Å²) in [7, 11) is 0.201. The molecule has 10 nitrogen and oxygen atoms in total. The van der Waals surface area contributed by atoms with E-state index in [1.165, 1.54) is 30.2 Å². The largest absolute Gasteiger partial charge is 0.537 e. The van der Waals surface area contributed by atoms with Crippen LogP contribution in [0.15, 0.2) is 22.0 Å². The van der Waals surface area contributed by atoms with E-state index >= 15 is 0 Å². The number of carbonyl (C=O) groups excluding carboxylic acids is 2. The Morgan fingerprint density at radius 3 is 2.90 bits per heavy atom. The van der Waals surface area contributed by atoms with Crippen molar-refractivity contribution in [1.29, 1.82) is 0 Å². The summed E-state index contributed by atoms with van der Waals surface area (Å²) >= 11 is 2.70. The molecular weight excluding hydrogens is 423 g/mol. The summed E-state index contributed by atoms with van der Waals surface area (Å²) in [5, 5.41) is 17.8. The number of benzene rings is 1. The molecule has 1 N–H and O–H groups in total. The maximum absolute atomic E-state index is 12.6. The van der Waals surface area contributed by atoms with Crippen molar-refractivity contribution >= 4 is 42.3 Å². The molecule has 1 aliphatic heterocycles. The van der Waals surface area contributed by atoms with Crippen LogP contribution in [0.3, 0.4) is 0 Å². The average molecular weight is 440 g/mol. The lowest BCUT2D eigenvalue weighted by Crippen LogP contribution is -2.40. The van der Waals surface area contributed by atoms with Gasteiger partial charge in [0, 0.05) is 0 Å². The number of ether oxygens (including phenoxy) is 4. The highest BCUT2D eigenvalue weighted by Gasteiger charge is 2.39. The Hall–Kier alpha value is -2.51. The van der Waals surface area contributed by atoms with Crippen LogP contribution in [0.2, 0.25) is 0 Å². The topological polar surface area (TPSA) is 126 Å². The van der Waals surface area contributed by atoms with Gasteiger partial charge in [-0.1, -0.05) is 29.2 Å². The van der Waals surface area contributed by atoms with Crippen molar-refractivity contribution in [3.05, 3.63) is 28.8 Å². The average Bonchev–Trinajstić information content (AvgIpc) is 3.21. The highest BCUT2D eigenvalue weighted by atomic mass is 32.2. The normalized spacial score (nSPS) is 15.1. The van der Waals surface area contributed by atoms with E-state index in [9.17, 15) is 14.6 Å². The molecule has 0 fully saturated rings. The lowest BCUT2D eigenvalue weighted by atomic mass is 9.77. The van der Waals surface area contributed by atoms with E-state index in [4.69, 9.17) is 14.1 Å². The number of hydrogen-bond acceptors (Lipinski definition) is 12. The molecule has 1 aromatic heterocycles. The molecule has 0 saturated heterocycles. The van der Waals surface area contributed by atoms with Crippen molar-refractivity contribution in [2.24, 2.45) is 0 Å². The van der Waals surface area contributed by atoms with Gasteiger partial charge in [-0.25, -0.2) is 9.59 Å². The second-order valence-corrected chi connectivity index (χ2v) is 7.90. The zero-order valence-electron chi connectivity index (χ0n) is 15.5. The molecule has 0 bridgehead atoms. The molecule has 154 valence electrons. The fourth-order valence-electron chi connectivity index (χ4n) is 2.59. The number of aromatic nitrogens is 2. The van der Waals surface area contributed by atoms with Crippen LogP contribution in [0.25, 0.3) is 0 Å². The molecule has 1 atom stereocenters. The first-order chi connectivity index (χ1) is 14.0. The van der Waals surface area contributed by atoms with Gasteiger partial charge in [-0.15, -0.1) is 10.2 Å². The Bertz CT molecular complexity index is 867. The summed E-state index contributed by atoms with van der Waals surface area (Å²) in [5.41, 5.74) is 2.29. The molecule has 2 heterocycles. The first-order valence-corrected chi connectivity index (χ1v) is 10.2. The predicted molar refractivity (Wildman–Crippen MR) is 103 cm³/mol. The van der Waals surface area contributed by atoms with Crippen LogP contribution in [0.1, 0.15) is 22.8 Å². The van der Waals surface area contributed by atoms with Gasteiger partial charge in [0.15, 0.2) is 4.34 Å². The van der Waals surface area contributed by atoms with Crippen LogP contribution in [0.5, 0.6) is 11.5 Å².